The summed E-state index contributed by atoms with van der Waals surface area (Å²) >= 11 is 0. The summed E-state index contributed by atoms with van der Waals surface area (Å²) in [4.78, 5) is 71.8. The van der Waals surface area contributed by atoms with Crippen molar-refractivity contribution in [2.45, 2.75) is 49.1 Å². The zero-order chi connectivity index (χ0) is 36.2. The quantitative estimate of drug-likeness (QED) is 0.0552. The van der Waals surface area contributed by atoms with Crippen molar-refractivity contribution in [2.75, 3.05) is 13.2 Å². The minimum absolute atomic E-state index is 0. The maximum Gasteiger partial charge on any atom is 1.00 e. The first kappa shape index (κ1) is 47.3. The molecule has 0 spiro atoms. The molecule has 24 nitrogen and oxygen atoms in total. The Morgan fingerprint density at radius 1 is 0.906 bits per heavy atom. The summed E-state index contributed by atoms with van der Waals surface area (Å²) in [6.07, 6.45) is -5.75. The maximum atomic E-state index is 12.5. The average Bonchev–Trinajstić information content (AvgIpc) is 3.80. The number of carbonyl (C=O) groups is 1. The number of nitrogens with zero attached hydrogens (tertiary/aromatic N) is 6. The summed E-state index contributed by atoms with van der Waals surface area (Å²) in [5.74, 6) is -0.806. The summed E-state index contributed by atoms with van der Waals surface area (Å²) in [6, 6.07) is 2.76. The first-order chi connectivity index (χ1) is 23.4. The molecule has 2 saturated heterocycles. The number of fused-ring (bicyclic) bond motifs is 3. The Kier molecular flexibility index (Phi) is 16.6. The van der Waals surface area contributed by atoms with Crippen LogP contribution in [0.4, 0.5) is 0 Å². The Morgan fingerprint density at radius 3 is 2.17 bits per heavy atom. The van der Waals surface area contributed by atoms with Crippen molar-refractivity contribution < 1.29 is 174 Å². The predicted octanol–water partition coefficient (Wildman–Crippen LogP) is -13.7. The van der Waals surface area contributed by atoms with Crippen LogP contribution in [0.2, 0.25) is 0 Å². The molecule has 4 aromatic rings. The number of aliphatic hydroxyl groups is 3. The smallest absolute Gasteiger partial charge is 0.790 e. The molecule has 272 valence electrons. The number of rotatable bonds is 13. The Labute approximate surface area is 363 Å². The van der Waals surface area contributed by atoms with E-state index in [0.29, 0.717) is 5.65 Å². The summed E-state index contributed by atoms with van der Waals surface area (Å²) < 4.78 is 68.8. The molecule has 2 unspecified atom stereocenters. The zero-order valence-corrected chi connectivity index (χ0v) is 36.5. The van der Waals surface area contributed by atoms with Gasteiger partial charge < -0.3 is 68.2 Å². The standard InChI is InChI=1S/C23H28N7O17P3.3Na/c24-19(34)11-2-1-4-28(6-11)22-17(33)15(31)12(44-22)7-42-49(38,39)47-50(40,41)43-8-13-16(32)18(46-48(35,36)37)23(45-13)30-10-26-14-20-25-3-5-29(20)9-27-21(14)30;;;/h1-6,9-10,12-13,15-18,22-23,31-33H,7-8H2,(H5-,24,34,35,36,37,38,39,40,41);;;/q;3*+1/p-3/t12-,13-,15-,16-,17-,18-,22-,23-;;;/m1.../s1. The van der Waals surface area contributed by atoms with Gasteiger partial charge in [-0.05, 0) is 6.07 Å². The number of imidazole rings is 2. The Bertz CT molecular complexity index is 2060. The van der Waals surface area contributed by atoms with Gasteiger partial charge in [0.25, 0.3) is 27.8 Å². The van der Waals surface area contributed by atoms with E-state index in [1.807, 2.05) is 0 Å². The van der Waals surface area contributed by atoms with Gasteiger partial charge in [0.05, 0.1) is 27.4 Å². The molecule has 6 rings (SSSR count). The number of hydrogen-bond acceptors (Lipinski definition) is 20. The molecule has 2 aliphatic heterocycles. The van der Waals surface area contributed by atoms with Gasteiger partial charge in [-0.1, -0.05) is 0 Å². The van der Waals surface area contributed by atoms with Gasteiger partial charge in [-0.3, -0.25) is 22.9 Å². The van der Waals surface area contributed by atoms with Crippen molar-refractivity contribution in [3.63, 3.8) is 0 Å². The molecule has 2 fully saturated rings. The van der Waals surface area contributed by atoms with Crippen LogP contribution in [0.15, 0.2) is 49.6 Å². The number of nitrogens with two attached hydrogens (primary N) is 1. The van der Waals surface area contributed by atoms with Crippen molar-refractivity contribution in [3.05, 3.63) is 55.1 Å². The van der Waals surface area contributed by atoms with Gasteiger partial charge >= 0.3 is 88.7 Å². The topological polar surface area (TPSA) is 354 Å². The van der Waals surface area contributed by atoms with Crippen LogP contribution in [-0.2, 0) is 41.1 Å². The van der Waals surface area contributed by atoms with E-state index in [9.17, 15) is 53.4 Å². The van der Waals surface area contributed by atoms with E-state index in [2.05, 4.69) is 32.8 Å². The third kappa shape index (κ3) is 10.9. The van der Waals surface area contributed by atoms with Crippen molar-refractivity contribution in [1.29, 1.82) is 0 Å². The van der Waals surface area contributed by atoms with Crippen LogP contribution in [0, 0.1) is 0 Å². The van der Waals surface area contributed by atoms with Crippen molar-refractivity contribution >= 4 is 46.2 Å². The fourth-order valence-corrected chi connectivity index (χ4v) is 7.83. The molecule has 30 heteroatoms. The number of carbonyl (C=O) groups excluding carboxylic acids is 1. The third-order valence-electron chi connectivity index (χ3n) is 7.52. The number of amides is 1. The molecular formula is C23H25N7Na3O17P3. The van der Waals surface area contributed by atoms with Crippen LogP contribution in [0.1, 0.15) is 22.8 Å². The summed E-state index contributed by atoms with van der Waals surface area (Å²) in [5.41, 5.74) is 5.82. The minimum Gasteiger partial charge on any atom is -0.790 e. The van der Waals surface area contributed by atoms with Crippen molar-refractivity contribution in [1.82, 2.24) is 23.9 Å². The number of ether oxygens (including phenoxy) is 2. The molecule has 6 heterocycles. The molecule has 10 atom stereocenters. The van der Waals surface area contributed by atoms with Crippen LogP contribution in [0.5, 0.6) is 0 Å². The Hall–Kier alpha value is -0.120. The number of hydrogen-bond donors (Lipinski definition) is 4. The molecule has 53 heavy (non-hydrogen) atoms. The van der Waals surface area contributed by atoms with E-state index >= 15 is 0 Å². The van der Waals surface area contributed by atoms with Gasteiger partial charge in [0.1, 0.15) is 42.4 Å². The fourth-order valence-electron chi connectivity index (χ4n) is 5.28. The van der Waals surface area contributed by atoms with Gasteiger partial charge in [-0.15, -0.1) is 0 Å². The van der Waals surface area contributed by atoms with Crippen LogP contribution >= 0.6 is 23.5 Å². The Morgan fingerprint density at radius 2 is 1.55 bits per heavy atom. The van der Waals surface area contributed by atoms with Gasteiger partial charge in [-0.25, -0.2) is 19.3 Å². The number of primary amides is 1. The predicted molar refractivity (Wildman–Crippen MR) is 148 cm³/mol. The second-order valence-corrected chi connectivity index (χ2v) is 14.9. The Balaban J connectivity index is 0.00000252. The molecule has 0 radical (unpaired) electrons. The number of aliphatic hydroxyl groups excluding tert-OH is 3. The molecule has 0 aliphatic carbocycles. The van der Waals surface area contributed by atoms with E-state index in [1.54, 1.807) is 6.20 Å². The largest absolute Gasteiger partial charge is 1.00 e. The summed E-state index contributed by atoms with van der Waals surface area (Å²) in [5, 5.41) is 31.5. The number of phosphoric ester groups is 3. The van der Waals surface area contributed by atoms with Gasteiger partial charge in [0.2, 0.25) is 0 Å². The number of phosphoric acid groups is 3. The minimum atomic E-state index is -5.86. The third-order valence-corrected chi connectivity index (χ3v) is 10.6. The van der Waals surface area contributed by atoms with Crippen molar-refractivity contribution in [3.8, 4) is 0 Å². The second kappa shape index (κ2) is 18.6. The van der Waals surface area contributed by atoms with E-state index in [4.69, 9.17) is 15.2 Å². The van der Waals surface area contributed by atoms with Gasteiger partial charge in [-0.2, -0.15) is 4.57 Å². The molecule has 0 bridgehead atoms. The molecule has 4 aromatic heterocycles. The fraction of sp³-hybridized carbons (Fsp3) is 0.435. The molecule has 2 aliphatic rings. The molecular weight excluding hydrogens is 808 g/mol. The molecule has 0 aromatic carbocycles. The van der Waals surface area contributed by atoms with Crippen molar-refractivity contribution in [2.24, 2.45) is 5.73 Å². The number of aromatic nitrogens is 6. The van der Waals surface area contributed by atoms with Gasteiger partial charge in [0, 0.05) is 18.5 Å². The summed E-state index contributed by atoms with van der Waals surface area (Å²) in [7, 11) is -17.5. The second-order valence-electron chi connectivity index (χ2n) is 10.8. The van der Waals surface area contributed by atoms with Crippen LogP contribution in [-0.4, -0.2) is 95.0 Å². The van der Waals surface area contributed by atoms with E-state index in [-0.39, 0.29) is 105 Å². The van der Waals surface area contributed by atoms with E-state index in [1.165, 1.54) is 46.0 Å². The number of pyridine rings is 1. The van der Waals surface area contributed by atoms with Crippen LogP contribution < -0.4 is 119 Å². The zero-order valence-electron chi connectivity index (χ0n) is 27.8. The van der Waals surface area contributed by atoms with E-state index in [0.717, 1.165) is 10.9 Å². The summed E-state index contributed by atoms with van der Waals surface area (Å²) in [6.45, 7) is -2.25. The normalized spacial score (nSPS) is 28.1. The maximum absolute atomic E-state index is 12.5. The van der Waals surface area contributed by atoms with Gasteiger partial charge in [0.15, 0.2) is 41.5 Å². The monoisotopic (exact) mass is 833 g/mol. The molecule has 1 amide bonds. The first-order valence-electron chi connectivity index (χ1n) is 14.1. The van der Waals surface area contributed by atoms with Crippen LogP contribution in [0.25, 0.3) is 16.8 Å². The average molecular weight is 833 g/mol. The van der Waals surface area contributed by atoms with Crippen LogP contribution in [0.3, 0.4) is 0 Å². The molecule has 5 N–H and O–H groups in total. The SMILES string of the molecule is NC(=O)c1ccc[n+]([C@@H]2O[C@H](COP(=O)([O-])OP(=O)([O-])OC[C@H]3O[C@@H](n4cnc5c4ncn4ccnc54)[C@H](OP(=O)([O-])[O-])[C@@H]3O)[C@@H](O)[C@H]2O)c1.[Na+].[Na+].[Na+]. The first-order valence-corrected chi connectivity index (χ1v) is 18.4. The van der Waals surface area contributed by atoms with E-state index < -0.39 is 91.7 Å². The molecule has 0 saturated carbocycles.